The number of benzene rings is 2. The zero-order valence-corrected chi connectivity index (χ0v) is 19.6. The number of nitrogens with zero attached hydrogens (tertiary/aromatic N) is 3. The van der Waals surface area contributed by atoms with Gasteiger partial charge in [-0.25, -0.2) is 0 Å². The number of para-hydroxylation sites is 1. The fraction of sp³-hybridized carbons (Fsp3) is 0.417. The minimum absolute atomic E-state index is 0.0896. The highest BCUT2D eigenvalue weighted by Crippen LogP contribution is 2.55. The number of anilines is 2. The van der Waals surface area contributed by atoms with Crippen molar-refractivity contribution in [1.82, 2.24) is 4.90 Å². The second kappa shape index (κ2) is 7.99. The second-order valence-electron chi connectivity index (χ2n) is 8.76. The third-order valence-electron chi connectivity index (χ3n) is 6.90. The van der Waals surface area contributed by atoms with Crippen molar-refractivity contribution in [2.75, 3.05) is 48.5 Å². The van der Waals surface area contributed by atoms with Gasteiger partial charge in [0.05, 0.1) is 31.3 Å². The molecule has 0 unspecified atom stereocenters. The van der Waals surface area contributed by atoms with Crippen molar-refractivity contribution in [1.29, 1.82) is 0 Å². The largest absolute Gasteiger partial charge is 0.347 e. The zero-order chi connectivity index (χ0) is 22.6. The molecule has 2 aromatic rings. The molecule has 3 saturated heterocycles. The van der Waals surface area contributed by atoms with Gasteiger partial charge >= 0.3 is 0 Å². The van der Waals surface area contributed by atoms with E-state index in [0.29, 0.717) is 30.6 Å². The van der Waals surface area contributed by atoms with Gasteiger partial charge in [0.25, 0.3) is 5.91 Å². The first-order valence-electron chi connectivity index (χ1n) is 11.2. The Morgan fingerprint density at radius 3 is 2.52 bits per heavy atom. The normalized spacial score (nSPS) is 26.7. The number of rotatable bonds is 3. The van der Waals surface area contributed by atoms with E-state index in [4.69, 9.17) is 21.1 Å². The van der Waals surface area contributed by atoms with Crippen LogP contribution in [-0.2, 0) is 23.9 Å². The summed E-state index contributed by atoms with van der Waals surface area (Å²) in [6.45, 7) is 3.31. The molecule has 2 amide bonds. The van der Waals surface area contributed by atoms with Gasteiger partial charge in [0.2, 0.25) is 10.8 Å². The molecule has 7 nitrogen and oxygen atoms in total. The summed E-state index contributed by atoms with van der Waals surface area (Å²) >= 11 is 7.63. The monoisotopic (exact) mass is 485 g/mol. The summed E-state index contributed by atoms with van der Waals surface area (Å²) in [6.07, 6.45) is 1.56. The lowest BCUT2D eigenvalue weighted by atomic mass is 10.0. The maximum absolute atomic E-state index is 14.1. The number of carbonyl (C=O) groups excluding carboxylic acids is 2. The maximum Gasteiger partial charge on any atom is 0.269 e. The summed E-state index contributed by atoms with van der Waals surface area (Å²) in [6, 6.07) is 15.0. The molecule has 1 atom stereocenters. The van der Waals surface area contributed by atoms with Gasteiger partial charge in [0.1, 0.15) is 0 Å². The average Bonchev–Trinajstić information content (AvgIpc) is 3.49. The van der Waals surface area contributed by atoms with Crippen molar-refractivity contribution in [3.8, 4) is 0 Å². The Labute approximate surface area is 201 Å². The van der Waals surface area contributed by atoms with Gasteiger partial charge in [-0.05, 0) is 24.3 Å². The highest BCUT2D eigenvalue weighted by molar-refractivity contribution is 8.02. The van der Waals surface area contributed by atoms with Gasteiger partial charge in [-0.1, -0.05) is 35.9 Å². The van der Waals surface area contributed by atoms with E-state index < -0.39 is 10.7 Å². The van der Waals surface area contributed by atoms with E-state index in [9.17, 15) is 9.59 Å². The molecule has 6 rings (SSSR count). The second-order valence-corrected chi connectivity index (χ2v) is 10.4. The molecule has 3 fully saturated rings. The Hall–Kier alpha value is -2.10. The highest BCUT2D eigenvalue weighted by atomic mass is 35.5. The minimum atomic E-state index is -1.12. The first-order chi connectivity index (χ1) is 16.0. The lowest BCUT2D eigenvalue weighted by Crippen LogP contribution is -2.53. The van der Waals surface area contributed by atoms with Crippen LogP contribution in [0.5, 0.6) is 0 Å². The van der Waals surface area contributed by atoms with Crippen molar-refractivity contribution in [3.05, 3.63) is 59.1 Å². The van der Waals surface area contributed by atoms with Gasteiger partial charge in [-0.15, -0.1) is 11.8 Å². The predicted octanol–water partition coefficient (Wildman–Crippen LogP) is 3.42. The van der Waals surface area contributed by atoms with Crippen LogP contribution in [0.25, 0.3) is 0 Å². The average molecular weight is 486 g/mol. The van der Waals surface area contributed by atoms with Crippen LogP contribution in [0.4, 0.5) is 11.4 Å². The molecular formula is C24H24ClN3O4S. The highest BCUT2D eigenvalue weighted by Gasteiger charge is 2.61. The first kappa shape index (κ1) is 21.4. The van der Waals surface area contributed by atoms with Gasteiger partial charge in [0, 0.05) is 42.2 Å². The smallest absolute Gasteiger partial charge is 0.269 e. The summed E-state index contributed by atoms with van der Waals surface area (Å²) in [5.41, 5.74) is 2.34. The number of amides is 2. The van der Waals surface area contributed by atoms with Gasteiger partial charge in [-0.3, -0.25) is 24.3 Å². The molecule has 0 N–H and O–H groups in total. The van der Waals surface area contributed by atoms with E-state index in [1.807, 2.05) is 41.3 Å². The standard InChI is InChI=1S/C24H24ClN3O4S/c25-17-4-3-5-18(14-17)28-21(29)15-33-24(28)19-6-1-2-7-20(19)27(22(24)30)16-26-10-8-23(9-11-26)31-12-13-32-23/h1-7,14H,8-13,15-16H2/t24-/m1/s1. The molecule has 0 bridgehead atoms. The first-order valence-corrected chi connectivity index (χ1v) is 12.5. The summed E-state index contributed by atoms with van der Waals surface area (Å²) in [5.74, 6) is -0.404. The maximum atomic E-state index is 14.1. The number of fused-ring (bicyclic) bond motifs is 2. The lowest BCUT2D eigenvalue weighted by molar-refractivity contribution is -0.185. The molecule has 4 aliphatic rings. The van der Waals surface area contributed by atoms with Crippen molar-refractivity contribution < 1.29 is 19.1 Å². The molecule has 0 aliphatic carbocycles. The fourth-order valence-electron chi connectivity index (χ4n) is 5.33. The van der Waals surface area contributed by atoms with Crippen molar-refractivity contribution in [3.63, 3.8) is 0 Å². The number of hydrogen-bond acceptors (Lipinski definition) is 6. The Kier molecular flexibility index (Phi) is 5.19. The van der Waals surface area contributed by atoms with Crippen LogP contribution in [0.1, 0.15) is 18.4 Å². The van der Waals surface area contributed by atoms with Crippen molar-refractivity contribution in [2.45, 2.75) is 23.5 Å². The quantitative estimate of drug-likeness (QED) is 0.664. The number of likely N-dealkylation sites (tertiary alicyclic amines) is 1. The SMILES string of the molecule is O=C1CS[C@]2(C(=O)N(CN3CCC4(CC3)OCCO4)c3ccccc32)N1c1cccc(Cl)c1. The molecule has 4 aliphatic heterocycles. The molecule has 0 radical (unpaired) electrons. The molecule has 9 heteroatoms. The van der Waals surface area contributed by atoms with Crippen LogP contribution in [0.3, 0.4) is 0 Å². The van der Waals surface area contributed by atoms with Crippen LogP contribution < -0.4 is 9.80 Å². The number of ether oxygens (including phenoxy) is 2. The van der Waals surface area contributed by atoms with E-state index in [2.05, 4.69) is 4.90 Å². The van der Waals surface area contributed by atoms with Gasteiger partial charge < -0.3 is 9.47 Å². The zero-order valence-electron chi connectivity index (χ0n) is 18.0. The molecular weight excluding hydrogens is 462 g/mol. The number of hydrogen-bond donors (Lipinski definition) is 0. The Balaban J connectivity index is 1.33. The van der Waals surface area contributed by atoms with Crippen LogP contribution in [0.15, 0.2) is 48.5 Å². The Bertz CT molecular complexity index is 1110. The number of halogens is 1. The predicted molar refractivity (Wildman–Crippen MR) is 127 cm³/mol. The number of thioether (sulfide) groups is 1. The van der Waals surface area contributed by atoms with Crippen molar-refractivity contribution in [2.24, 2.45) is 0 Å². The minimum Gasteiger partial charge on any atom is -0.347 e. The molecule has 0 saturated carbocycles. The van der Waals surface area contributed by atoms with Crippen molar-refractivity contribution >= 4 is 46.6 Å². The van der Waals surface area contributed by atoms with Crippen LogP contribution >= 0.6 is 23.4 Å². The molecule has 2 spiro atoms. The van der Waals surface area contributed by atoms with Crippen LogP contribution in [0.2, 0.25) is 5.02 Å². The lowest BCUT2D eigenvalue weighted by Gasteiger charge is -2.39. The molecule has 0 aromatic heterocycles. The number of piperidine rings is 1. The van der Waals surface area contributed by atoms with Gasteiger partial charge in [-0.2, -0.15) is 0 Å². The summed E-state index contributed by atoms with van der Waals surface area (Å²) < 4.78 is 11.7. The topological polar surface area (TPSA) is 62.3 Å². The molecule has 4 heterocycles. The molecule has 2 aromatic carbocycles. The summed E-state index contributed by atoms with van der Waals surface area (Å²) in [4.78, 5) is 31.8. The third-order valence-corrected chi connectivity index (χ3v) is 8.52. The van der Waals surface area contributed by atoms with Crippen LogP contribution in [0, 0.1) is 0 Å². The van der Waals surface area contributed by atoms with E-state index >= 15 is 0 Å². The Morgan fingerprint density at radius 2 is 1.76 bits per heavy atom. The van der Waals surface area contributed by atoms with E-state index in [0.717, 1.165) is 37.2 Å². The Morgan fingerprint density at radius 1 is 1.00 bits per heavy atom. The summed E-state index contributed by atoms with van der Waals surface area (Å²) in [5, 5.41) is 0.529. The van der Waals surface area contributed by atoms with E-state index in [1.165, 1.54) is 11.8 Å². The van der Waals surface area contributed by atoms with Crippen LogP contribution in [-0.4, -0.2) is 61.2 Å². The number of carbonyl (C=O) groups is 2. The van der Waals surface area contributed by atoms with E-state index in [-0.39, 0.29) is 17.6 Å². The summed E-state index contributed by atoms with van der Waals surface area (Å²) in [7, 11) is 0. The van der Waals surface area contributed by atoms with E-state index in [1.54, 1.807) is 17.0 Å². The molecule has 33 heavy (non-hydrogen) atoms. The molecule has 172 valence electrons. The van der Waals surface area contributed by atoms with Gasteiger partial charge in [0.15, 0.2) is 5.79 Å². The third kappa shape index (κ3) is 3.31. The fourth-order valence-corrected chi connectivity index (χ4v) is 6.88.